The zero-order valence-electron chi connectivity index (χ0n) is 8.87. The molecule has 1 aromatic rings. The normalized spacial score (nSPS) is 13.6. The van der Waals surface area contributed by atoms with Gasteiger partial charge in [0.05, 0.1) is 12.3 Å². The summed E-state index contributed by atoms with van der Waals surface area (Å²) in [5, 5.41) is 14.0. The van der Waals surface area contributed by atoms with E-state index in [0.29, 0.717) is 24.0 Å². The van der Waals surface area contributed by atoms with Crippen LogP contribution in [0.25, 0.3) is 0 Å². The molecule has 80 valence electrons. The molecule has 0 amide bonds. The fraction of sp³-hybridized carbons (Fsp3) is 0.700. The number of hydrogen-bond acceptors (Lipinski definition) is 2. The second-order valence-electron chi connectivity index (χ2n) is 3.91. The molecule has 0 saturated heterocycles. The Bertz CT molecular complexity index is 294. The molecular weight excluding hydrogens is 200 g/mol. The van der Waals surface area contributed by atoms with E-state index in [-0.39, 0.29) is 6.10 Å². The first-order valence-electron chi connectivity index (χ1n) is 4.91. The summed E-state index contributed by atoms with van der Waals surface area (Å²) < 4.78 is 1.74. The van der Waals surface area contributed by atoms with Gasteiger partial charge < -0.3 is 5.11 Å². The summed E-state index contributed by atoms with van der Waals surface area (Å²) in [6.07, 6.45) is 2.17. The van der Waals surface area contributed by atoms with Crippen LogP contribution in [0.1, 0.15) is 38.7 Å². The molecule has 1 aromatic heterocycles. The third-order valence-corrected chi connectivity index (χ3v) is 2.60. The van der Waals surface area contributed by atoms with Gasteiger partial charge in [-0.15, -0.1) is 0 Å². The monoisotopic (exact) mass is 216 g/mol. The fourth-order valence-electron chi connectivity index (χ4n) is 1.24. The zero-order valence-corrected chi connectivity index (χ0v) is 9.62. The minimum atomic E-state index is -0.308. The molecular formula is C10H17ClN2O. The second-order valence-corrected chi connectivity index (χ2v) is 4.26. The molecule has 1 atom stereocenters. The van der Waals surface area contributed by atoms with Gasteiger partial charge in [-0.3, -0.25) is 4.68 Å². The van der Waals surface area contributed by atoms with Gasteiger partial charge in [-0.25, -0.2) is 0 Å². The Labute approximate surface area is 89.7 Å². The SMILES string of the molecule is CC(O)CCn1ncc(C(C)C)c1Cl. The maximum absolute atomic E-state index is 9.14. The van der Waals surface area contributed by atoms with Crippen LogP contribution in [0.15, 0.2) is 6.20 Å². The first kappa shape index (κ1) is 11.5. The Hall–Kier alpha value is -0.540. The van der Waals surface area contributed by atoms with Crippen LogP contribution >= 0.6 is 11.6 Å². The summed E-state index contributed by atoms with van der Waals surface area (Å²) >= 11 is 6.12. The smallest absolute Gasteiger partial charge is 0.130 e. The van der Waals surface area contributed by atoms with Gasteiger partial charge in [0.15, 0.2) is 0 Å². The van der Waals surface area contributed by atoms with Gasteiger partial charge in [0.25, 0.3) is 0 Å². The Balaban J connectivity index is 2.70. The largest absolute Gasteiger partial charge is 0.393 e. The average molecular weight is 217 g/mol. The van der Waals surface area contributed by atoms with Crippen molar-refractivity contribution < 1.29 is 5.11 Å². The quantitative estimate of drug-likeness (QED) is 0.840. The van der Waals surface area contributed by atoms with Crippen molar-refractivity contribution in [1.82, 2.24) is 9.78 Å². The number of hydrogen-bond donors (Lipinski definition) is 1. The van der Waals surface area contributed by atoms with E-state index in [1.165, 1.54) is 0 Å². The molecule has 0 aliphatic rings. The van der Waals surface area contributed by atoms with Crippen molar-refractivity contribution >= 4 is 11.6 Å². The van der Waals surface area contributed by atoms with E-state index in [0.717, 1.165) is 5.56 Å². The van der Waals surface area contributed by atoms with Gasteiger partial charge >= 0.3 is 0 Å². The van der Waals surface area contributed by atoms with Crippen LogP contribution < -0.4 is 0 Å². The molecule has 3 nitrogen and oxygen atoms in total. The maximum atomic E-state index is 9.14. The summed E-state index contributed by atoms with van der Waals surface area (Å²) in [7, 11) is 0. The molecule has 1 N–H and O–H groups in total. The predicted octanol–water partition coefficient (Wildman–Crippen LogP) is 2.43. The Morgan fingerprint density at radius 3 is 2.57 bits per heavy atom. The Morgan fingerprint density at radius 1 is 1.50 bits per heavy atom. The Kier molecular flexibility index (Phi) is 3.96. The van der Waals surface area contributed by atoms with Gasteiger partial charge in [-0.1, -0.05) is 25.4 Å². The molecule has 1 unspecified atom stereocenters. The third-order valence-electron chi connectivity index (χ3n) is 2.18. The van der Waals surface area contributed by atoms with Gasteiger partial charge in [-0.05, 0) is 19.3 Å². The molecule has 0 aromatic carbocycles. The molecule has 0 bridgehead atoms. The lowest BCUT2D eigenvalue weighted by Crippen LogP contribution is -2.08. The van der Waals surface area contributed by atoms with Crippen molar-refractivity contribution in [2.75, 3.05) is 0 Å². The van der Waals surface area contributed by atoms with Crippen LogP contribution in [-0.4, -0.2) is 21.0 Å². The summed E-state index contributed by atoms with van der Waals surface area (Å²) in [6, 6.07) is 0. The fourth-order valence-corrected chi connectivity index (χ4v) is 1.63. The van der Waals surface area contributed by atoms with E-state index < -0.39 is 0 Å². The number of nitrogens with zero attached hydrogens (tertiary/aromatic N) is 2. The van der Waals surface area contributed by atoms with Crippen molar-refractivity contribution in [2.45, 2.75) is 45.8 Å². The topological polar surface area (TPSA) is 38.0 Å². The van der Waals surface area contributed by atoms with Crippen LogP contribution in [0.3, 0.4) is 0 Å². The molecule has 0 saturated carbocycles. The number of rotatable bonds is 4. The van der Waals surface area contributed by atoms with E-state index in [4.69, 9.17) is 16.7 Å². The lowest BCUT2D eigenvalue weighted by Gasteiger charge is -2.06. The minimum absolute atomic E-state index is 0.308. The number of aliphatic hydroxyl groups is 1. The minimum Gasteiger partial charge on any atom is -0.393 e. The van der Waals surface area contributed by atoms with Crippen LogP contribution in [0, 0.1) is 0 Å². The lowest BCUT2D eigenvalue weighted by molar-refractivity contribution is 0.176. The Morgan fingerprint density at radius 2 is 2.14 bits per heavy atom. The average Bonchev–Trinajstić information content (AvgIpc) is 2.43. The van der Waals surface area contributed by atoms with Gasteiger partial charge in [0, 0.05) is 12.1 Å². The number of aromatic nitrogens is 2. The van der Waals surface area contributed by atoms with Crippen LogP contribution in [0.2, 0.25) is 5.15 Å². The van der Waals surface area contributed by atoms with Gasteiger partial charge in [0.1, 0.15) is 5.15 Å². The molecule has 0 aliphatic carbocycles. The lowest BCUT2D eigenvalue weighted by atomic mass is 10.1. The highest BCUT2D eigenvalue weighted by molar-refractivity contribution is 6.30. The van der Waals surface area contributed by atoms with Crippen molar-refractivity contribution in [3.8, 4) is 0 Å². The van der Waals surface area contributed by atoms with Crippen molar-refractivity contribution in [3.05, 3.63) is 16.9 Å². The molecule has 0 fully saturated rings. The molecule has 0 spiro atoms. The standard InChI is InChI=1S/C10H17ClN2O/c1-7(2)9-6-12-13(10(9)11)5-4-8(3)14/h6-8,14H,4-5H2,1-3H3. The van der Waals surface area contributed by atoms with E-state index in [2.05, 4.69) is 18.9 Å². The van der Waals surface area contributed by atoms with E-state index in [9.17, 15) is 0 Å². The second kappa shape index (κ2) is 4.80. The van der Waals surface area contributed by atoms with Crippen LogP contribution in [0.4, 0.5) is 0 Å². The number of aryl methyl sites for hydroxylation is 1. The van der Waals surface area contributed by atoms with Crippen molar-refractivity contribution in [2.24, 2.45) is 0 Å². The highest BCUT2D eigenvalue weighted by Crippen LogP contribution is 2.23. The summed E-state index contributed by atoms with van der Waals surface area (Å²) in [4.78, 5) is 0. The van der Waals surface area contributed by atoms with Crippen molar-refractivity contribution in [1.29, 1.82) is 0 Å². The number of aliphatic hydroxyl groups excluding tert-OH is 1. The van der Waals surface area contributed by atoms with Crippen molar-refractivity contribution in [3.63, 3.8) is 0 Å². The molecule has 1 rings (SSSR count). The van der Waals surface area contributed by atoms with E-state index in [1.807, 2.05) is 0 Å². The van der Waals surface area contributed by atoms with E-state index in [1.54, 1.807) is 17.8 Å². The molecule has 4 heteroatoms. The first-order chi connectivity index (χ1) is 6.52. The predicted molar refractivity (Wildman–Crippen MR) is 57.6 cm³/mol. The third kappa shape index (κ3) is 2.72. The van der Waals surface area contributed by atoms with Crippen LogP contribution in [0.5, 0.6) is 0 Å². The van der Waals surface area contributed by atoms with E-state index >= 15 is 0 Å². The number of halogens is 1. The molecule has 14 heavy (non-hydrogen) atoms. The molecule has 0 radical (unpaired) electrons. The van der Waals surface area contributed by atoms with Crippen LogP contribution in [-0.2, 0) is 6.54 Å². The summed E-state index contributed by atoms with van der Waals surface area (Å²) in [5.74, 6) is 0.391. The molecule has 1 heterocycles. The van der Waals surface area contributed by atoms with Gasteiger partial charge in [0.2, 0.25) is 0 Å². The van der Waals surface area contributed by atoms with Gasteiger partial charge in [-0.2, -0.15) is 5.10 Å². The summed E-state index contributed by atoms with van der Waals surface area (Å²) in [5.41, 5.74) is 1.07. The zero-order chi connectivity index (χ0) is 10.7. The molecule has 0 aliphatic heterocycles. The maximum Gasteiger partial charge on any atom is 0.130 e. The highest BCUT2D eigenvalue weighted by Gasteiger charge is 2.11. The summed E-state index contributed by atoms with van der Waals surface area (Å²) in [6.45, 7) is 6.60. The highest BCUT2D eigenvalue weighted by atomic mass is 35.5. The first-order valence-corrected chi connectivity index (χ1v) is 5.29.